The minimum atomic E-state index is -0.327. The lowest BCUT2D eigenvalue weighted by Crippen LogP contribution is -2.11. The molecule has 3 rings (SSSR count). The Morgan fingerprint density at radius 2 is 2.10 bits per heavy atom. The Bertz CT molecular complexity index is 793. The van der Waals surface area contributed by atoms with Gasteiger partial charge < -0.3 is 4.57 Å². The van der Waals surface area contributed by atoms with Gasteiger partial charge in [0.15, 0.2) is 5.82 Å². The Labute approximate surface area is 131 Å². The van der Waals surface area contributed by atoms with Gasteiger partial charge in [0, 0.05) is 11.1 Å². The lowest BCUT2D eigenvalue weighted by molar-refractivity contribution is 0.615. The average Bonchev–Trinajstić information content (AvgIpc) is 3.02. The van der Waals surface area contributed by atoms with Crippen LogP contribution in [0.1, 0.15) is 41.0 Å². The van der Waals surface area contributed by atoms with Crippen molar-refractivity contribution in [1.29, 1.82) is 0 Å². The van der Waals surface area contributed by atoms with Gasteiger partial charge in [-0.2, -0.15) is 0 Å². The Hall–Kier alpha value is -1.46. The van der Waals surface area contributed by atoms with Crippen LogP contribution in [-0.2, 0) is 0 Å². The largest absolute Gasteiger partial charge is 0.317 e. The first-order valence-corrected chi connectivity index (χ1v) is 7.97. The molecule has 21 heavy (non-hydrogen) atoms. The number of hydrogen-bond acceptors (Lipinski definition) is 3. The first-order valence-electron chi connectivity index (χ1n) is 6.71. The lowest BCUT2D eigenvalue weighted by Gasteiger charge is -2.16. The molecule has 2 atom stereocenters. The molecule has 110 valence electrons. The number of imidazole rings is 1. The lowest BCUT2D eigenvalue weighted by atomic mass is 10.2. The van der Waals surface area contributed by atoms with Gasteiger partial charge in [-0.3, -0.25) is 0 Å². The molecule has 0 aliphatic carbocycles. The Morgan fingerprint density at radius 1 is 1.33 bits per heavy atom. The molecule has 0 spiro atoms. The van der Waals surface area contributed by atoms with Crippen LogP contribution in [0.4, 0.5) is 4.39 Å². The quantitative estimate of drug-likeness (QED) is 0.645. The number of para-hydroxylation sites is 1. The van der Waals surface area contributed by atoms with Gasteiger partial charge in [0.2, 0.25) is 0 Å². The molecule has 0 saturated heterocycles. The summed E-state index contributed by atoms with van der Waals surface area (Å²) < 4.78 is 16.0. The fraction of sp³-hybridized carbons (Fsp3) is 0.333. The van der Waals surface area contributed by atoms with Gasteiger partial charge in [0.1, 0.15) is 16.3 Å². The number of rotatable bonds is 3. The first-order chi connectivity index (χ1) is 9.99. The van der Waals surface area contributed by atoms with E-state index in [9.17, 15) is 4.39 Å². The highest BCUT2D eigenvalue weighted by atomic mass is 35.5. The van der Waals surface area contributed by atoms with Crippen molar-refractivity contribution in [3.8, 4) is 0 Å². The van der Waals surface area contributed by atoms with E-state index in [-0.39, 0.29) is 17.2 Å². The van der Waals surface area contributed by atoms with Gasteiger partial charge in [-0.25, -0.2) is 14.4 Å². The number of alkyl halides is 1. The Morgan fingerprint density at radius 3 is 2.71 bits per heavy atom. The van der Waals surface area contributed by atoms with Crippen molar-refractivity contribution in [3.05, 3.63) is 45.9 Å². The molecule has 0 fully saturated rings. The van der Waals surface area contributed by atoms with Crippen molar-refractivity contribution in [3.63, 3.8) is 0 Å². The van der Waals surface area contributed by atoms with Gasteiger partial charge >= 0.3 is 0 Å². The summed E-state index contributed by atoms with van der Waals surface area (Å²) in [5.41, 5.74) is 1.11. The molecule has 0 amide bonds. The molecule has 1 aromatic carbocycles. The summed E-state index contributed by atoms with van der Waals surface area (Å²) in [5, 5.41) is 0.662. The normalized spacial score (nSPS) is 14.5. The first kappa shape index (κ1) is 14.5. The van der Waals surface area contributed by atoms with E-state index in [1.807, 2.05) is 37.6 Å². The third-order valence-electron chi connectivity index (χ3n) is 3.44. The fourth-order valence-corrected chi connectivity index (χ4v) is 3.43. The van der Waals surface area contributed by atoms with Crippen molar-refractivity contribution < 1.29 is 4.39 Å². The maximum atomic E-state index is 14.0. The molecule has 6 heteroatoms. The summed E-state index contributed by atoms with van der Waals surface area (Å²) in [4.78, 5) is 9.98. The molecule has 0 saturated carbocycles. The maximum absolute atomic E-state index is 14.0. The summed E-state index contributed by atoms with van der Waals surface area (Å²) >= 11 is 7.88. The molecular weight excluding hydrogens is 309 g/mol. The standard InChI is InChI=1S/C15H15ClFN3S/c1-8-7-18-15(21-8)10(3)20-12-6-4-5-11(17)13(12)19-14(20)9(2)16/h4-7,9-10H,1-3H3. The zero-order valence-electron chi connectivity index (χ0n) is 12.0. The van der Waals surface area contributed by atoms with Gasteiger partial charge in [-0.15, -0.1) is 22.9 Å². The van der Waals surface area contributed by atoms with E-state index in [4.69, 9.17) is 11.6 Å². The van der Waals surface area contributed by atoms with Crippen LogP contribution in [-0.4, -0.2) is 14.5 Å². The van der Waals surface area contributed by atoms with Crippen molar-refractivity contribution in [2.24, 2.45) is 0 Å². The predicted octanol–water partition coefficient (Wildman–Crippen LogP) is 4.85. The smallest absolute Gasteiger partial charge is 0.151 e. The molecule has 0 aliphatic rings. The summed E-state index contributed by atoms with van der Waals surface area (Å²) in [5.74, 6) is 0.337. The minimum absolute atomic E-state index is 0.0355. The van der Waals surface area contributed by atoms with Crippen LogP contribution in [0.3, 0.4) is 0 Å². The van der Waals surface area contributed by atoms with Crippen LogP contribution in [0.5, 0.6) is 0 Å². The molecule has 0 radical (unpaired) electrons. The molecule has 0 bridgehead atoms. The fourth-order valence-electron chi connectivity index (χ4n) is 2.46. The predicted molar refractivity (Wildman–Crippen MR) is 84.6 cm³/mol. The van der Waals surface area contributed by atoms with Crippen molar-refractivity contribution in [1.82, 2.24) is 14.5 Å². The number of fused-ring (bicyclic) bond motifs is 1. The highest BCUT2D eigenvalue weighted by Crippen LogP contribution is 2.33. The summed E-state index contributed by atoms with van der Waals surface area (Å²) in [6.07, 6.45) is 1.85. The van der Waals surface area contributed by atoms with Crippen LogP contribution < -0.4 is 0 Å². The second-order valence-corrected chi connectivity index (χ2v) is 6.97. The number of nitrogens with zero attached hydrogens (tertiary/aromatic N) is 3. The topological polar surface area (TPSA) is 30.7 Å². The van der Waals surface area contributed by atoms with Crippen LogP contribution in [0, 0.1) is 12.7 Å². The van der Waals surface area contributed by atoms with Crippen LogP contribution in [0.25, 0.3) is 11.0 Å². The van der Waals surface area contributed by atoms with Gasteiger partial charge in [-0.05, 0) is 32.9 Å². The molecule has 2 aromatic heterocycles. The molecule has 0 N–H and O–H groups in total. The van der Waals surface area contributed by atoms with Crippen LogP contribution in [0.2, 0.25) is 0 Å². The molecule has 3 aromatic rings. The van der Waals surface area contributed by atoms with Crippen LogP contribution >= 0.6 is 22.9 Å². The van der Waals surface area contributed by atoms with Gasteiger partial charge in [0.05, 0.1) is 16.9 Å². The molecule has 2 unspecified atom stereocenters. The second kappa shape index (κ2) is 5.39. The molecule has 3 nitrogen and oxygen atoms in total. The Kier molecular flexibility index (Phi) is 3.71. The van der Waals surface area contributed by atoms with E-state index in [2.05, 4.69) is 9.97 Å². The maximum Gasteiger partial charge on any atom is 0.151 e. The molecule has 0 aliphatic heterocycles. The van der Waals surface area contributed by atoms with Crippen molar-refractivity contribution >= 4 is 34.0 Å². The van der Waals surface area contributed by atoms with E-state index in [1.54, 1.807) is 17.4 Å². The number of halogens is 2. The number of aromatic nitrogens is 3. The van der Waals surface area contributed by atoms with Gasteiger partial charge in [-0.1, -0.05) is 6.07 Å². The number of aryl methyl sites for hydroxylation is 1. The summed E-state index contributed by atoms with van der Waals surface area (Å²) in [6, 6.07) is 4.94. The van der Waals surface area contributed by atoms with E-state index in [0.29, 0.717) is 11.3 Å². The van der Waals surface area contributed by atoms with Crippen LogP contribution in [0.15, 0.2) is 24.4 Å². The summed E-state index contributed by atoms with van der Waals surface area (Å²) in [7, 11) is 0. The van der Waals surface area contributed by atoms with E-state index >= 15 is 0 Å². The number of benzene rings is 1. The van der Waals surface area contributed by atoms with Crippen molar-refractivity contribution in [2.75, 3.05) is 0 Å². The van der Waals surface area contributed by atoms with E-state index in [1.165, 1.54) is 6.07 Å². The monoisotopic (exact) mass is 323 g/mol. The molecular formula is C15H15ClFN3S. The number of thiazole rings is 1. The zero-order valence-corrected chi connectivity index (χ0v) is 13.5. The van der Waals surface area contributed by atoms with E-state index < -0.39 is 0 Å². The zero-order chi connectivity index (χ0) is 15.1. The highest BCUT2D eigenvalue weighted by Gasteiger charge is 2.23. The average molecular weight is 324 g/mol. The van der Waals surface area contributed by atoms with Crippen molar-refractivity contribution in [2.45, 2.75) is 32.2 Å². The van der Waals surface area contributed by atoms with E-state index in [0.717, 1.165) is 15.4 Å². The van der Waals surface area contributed by atoms with Gasteiger partial charge in [0.25, 0.3) is 0 Å². The number of hydrogen-bond donors (Lipinski definition) is 0. The highest BCUT2D eigenvalue weighted by molar-refractivity contribution is 7.11. The third kappa shape index (κ3) is 2.45. The third-order valence-corrected chi connectivity index (χ3v) is 4.72. The Balaban J connectivity index is 2.24. The molecule has 2 heterocycles. The SMILES string of the molecule is Cc1cnc(C(C)n2c(C(C)Cl)nc3c(F)cccc32)s1. The second-order valence-electron chi connectivity index (χ2n) is 5.05. The minimum Gasteiger partial charge on any atom is -0.317 e. The summed E-state index contributed by atoms with van der Waals surface area (Å²) in [6.45, 7) is 5.90.